The highest BCUT2D eigenvalue weighted by molar-refractivity contribution is 5.99. The number of aliphatic carboxylic acids is 1. The summed E-state index contributed by atoms with van der Waals surface area (Å²) < 4.78 is 10.7. The number of ether oxygens (including phenoxy) is 2. The topological polar surface area (TPSA) is 122 Å². The van der Waals surface area contributed by atoms with E-state index in [-0.39, 0.29) is 29.6 Å². The largest absolute Gasteiger partial charge is 0.507 e. The Balaban J connectivity index is 1.89. The minimum atomic E-state index is -1.12. The van der Waals surface area contributed by atoms with Crippen molar-refractivity contribution in [3.05, 3.63) is 54.1 Å². The Labute approximate surface area is 174 Å². The van der Waals surface area contributed by atoms with Gasteiger partial charge in [0.1, 0.15) is 23.3 Å². The van der Waals surface area contributed by atoms with Crippen molar-refractivity contribution in [2.45, 2.75) is 26.3 Å². The Bertz CT molecular complexity index is 880. The summed E-state index contributed by atoms with van der Waals surface area (Å²) in [6, 6.07) is 11.8. The van der Waals surface area contributed by atoms with Crippen LogP contribution in [0.2, 0.25) is 0 Å². The summed E-state index contributed by atoms with van der Waals surface area (Å²) in [5.41, 5.74) is 0.0607. The molecule has 1 atom stereocenters. The van der Waals surface area contributed by atoms with Gasteiger partial charge in [0.2, 0.25) is 5.78 Å². The molecule has 8 heteroatoms. The van der Waals surface area contributed by atoms with Crippen LogP contribution < -0.4 is 14.8 Å². The molecule has 0 unspecified atom stereocenters. The van der Waals surface area contributed by atoms with Crippen LogP contribution in [0, 0.1) is 5.92 Å². The molecule has 0 aromatic heterocycles. The van der Waals surface area contributed by atoms with Crippen LogP contribution in [0.4, 0.5) is 0 Å². The van der Waals surface area contributed by atoms with Crippen molar-refractivity contribution < 1.29 is 34.1 Å². The molecule has 0 aliphatic heterocycles. The number of amides is 1. The number of nitrogens with one attached hydrogen (secondary N) is 1. The fraction of sp³-hybridized carbons (Fsp3) is 0.318. The number of phenols is 1. The van der Waals surface area contributed by atoms with Gasteiger partial charge in [-0.1, -0.05) is 32.0 Å². The normalized spacial score (nSPS) is 11.6. The average molecular weight is 415 g/mol. The molecule has 1 amide bonds. The molecular formula is C22H25NO7. The second-order valence-electron chi connectivity index (χ2n) is 7.08. The number of hydrogen-bond acceptors (Lipinski definition) is 6. The number of carboxylic acid groups (broad SMARTS) is 1. The number of rotatable bonds is 11. The monoisotopic (exact) mass is 415 g/mol. The molecule has 0 fully saturated rings. The van der Waals surface area contributed by atoms with Crippen LogP contribution in [0.5, 0.6) is 17.2 Å². The van der Waals surface area contributed by atoms with Crippen molar-refractivity contribution in [1.29, 1.82) is 0 Å². The van der Waals surface area contributed by atoms with Gasteiger partial charge < -0.3 is 25.0 Å². The minimum absolute atomic E-state index is 0.0607. The lowest BCUT2D eigenvalue weighted by molar-refractivity contribution is -0.142. The van der Waals surface area contributed by atoms with E-state index in [4.69, 9.17) is 14.6 Å². The zero-order valence-electron chi connectivity index (χ0n) is 16.8. The van der Waals surface area contributed by atoms with Gasteiger partial charge in [-0.3, -0.25) is 9.59 Å². The van der Waals surface area contributed by atoms with Gasteiger partial charge in [-0.05, 0) is 36.6 Å². The van der Waals surface area contributed by atoms with Gasteiger partial charge in [-0.25, -0.2) is 4.79 Å². The summed E-state index contributed by atoms with van der Waals surface area (Å²) in [5.74, 6) is -1.64. The highest BCUT2D eigenvalue weighted by atomic mass is 16.5. The predicted molar refractivity (Wildman–Crippen MR) is 109 cm³/mol. The molecule has 30 heavy (non-hydrogen) atoms. The number of phenolic OH excluding ortho intramolecular Hbond substituents is 1. The number of hydrogen-bond donors (Lipinski definition) is 3. The van der Waals surface area contributed by atoms with Crippen molar-refractivity contribution >= 4 is 17.7 Å². The smallest absolute Gasteiger partial charge is 0.326 e. The number of Topliss-reactive ketones (excluding diaryl/α,β-unsaturated/α-hetero) is 1. The molecule has 2 rings (SSSR count). The SMILES string of the molecule is CC(C)C[C@H](NC(=O)COc1ccc(C(=O)COc2ccccc2)c(O)c1)C(=O)O. The third-order valence-electron chi connectivity index (χ3n) is 4.09. The number of ketones is 1. The Morgan fingerprint density at radius 3 is 2.23 bits per heavy atom. The van der Waals surface area contributed by atoms with Crippen LogP contribution in [0.1, 0.15) is 30.6 Å². The highest BCUT2D eigenvalue weighted by Gasteiger charge is 2.21. The van der Waals surface area contributed by atoms with Gasteiger partial charge in [0.25, 0.3) is 5.91 Å². The Morgan fingerprint density at radius 2 is 1.63 bits per heavy atom. The van der Waals surface area contributed by atoms with Crippen LogP contribution in [-0.4, -0.2) is 47.1 Å². The molecule has 160 valence electrons. The molecule has 8 nitrogen and oxygen atoms in total. The maximum absolute atomic E-state index is 12.2. The second kappa shape index (κ2) is 10.8. The van der Waals surface area contributed by atoms with Crippen LogP contribution in [0.25, 0.3) is 0 Å². The van der Waals surface area contributed by atoms with Gasteiger partial charge in [0.05, 0.1) is 5.56 Å². The first-order valence-electron chi connectivity index (χ1n) is 9.45. The van der Waals surface area contributed by atoms with E-state index in [0.717, 1.165) is 0 Å². The quantitative estimate of drug-likeness (QED) is 0.482. The molecule has 3 N–H and O–H groups in total. The summed E-state index contributed by atoms with van der Waals surface area (Å²) in [7, 11) is 0. The maximum atomic E-state index is 12.2. The van der Waals surface area contributed by atoms with Gasteiger partial charge in [-0.2, -0.15) is 0 Å². The molecular weight excluding hydrogens is 390 g/mol. The first-order valence-corrected chi connectivity index (χ1v) is 9.45. The number of carbonyl (C=O) groups is 3. The lowest BCUT2D eigenvalue weighted by Crippen LogP contribution is -2.43. The molecule has 0 aliphatic rings. The van der Waals surface area contributed by atoms with Crippen molar-refractivity contribution in [2.24, 2.45) is 5.92 Å². The first-order chi connectivity index (χ1) is 14.3. The zero-order chi connectivity index (χ0) is 22.1. The van der Waals surface area contributed by atoms with E-state index >= 15 is 0 Å². The van der Waals surface area contributed by atoms with Gasteiger partial charge in [0, 0.05) is 6.07 Å². The molecule has 0 saturated carbocycles. The van der Waals surface area contributed by atoms with Crippen LogP contribution in [0.15, 0.2) is 48.5 Å². The van der Waals surface area contributed by atoms with Crippen LogP contribution >= 0.6 is 0 Å². The summed E-state index contributed by atoms with van der Waals surface area (Å²) >= 11 is 0. The van der Waals surface area contributed by atoms with E-state index in [9.17, 15) is 19.5 Å². The van der Waals surface area contributed by atoms with Gasteiger partial charge >= 0.3 is 5.97 Å². The fourth-order valence-electron chi connectivity index (χ4n) is 2.66. The average Bonchev–Trinajstić information content (AvgIpc) is 2.70. The molecule has 0 aliphatic carbocycles. The maximum Gasteiger partial charge on any atom is 0.326 e. The van der Waals surface area contributed by atoms with Gasteiger partial charge in [0.15, 0.2) is 13.2 Å². The standard InChI is InChI=1S/C22H25NO7/c1-14(2)10-18(22(27)28)23-21(26)13-30-16-8-9-17(19(24)11-16)20(25)12-29-15-6-4-3-5-7-15/h3-9,11,14,18,24H,10,12-13H2,1-2H3,(H,23,26)(H,27,28)/t18-/m0/s1. The van der Waals surface area contributed by atoms with Crippen molar-refractivity contribution in [3.63, 3.8) is 0 Å². The Kier molecular flexibility index (Phi) is 8.22. The van der Waals surface area contributed by atoms with Crippen LogP contribution in [0.3, 0.4) is 0 Å². The summed E-state index contributed by atoms with van der Waals surface area (Å²) in [6.45, 7) is 3.04. The number of carboxylic acids is 1. The number of carbonyl (C=O) groups excluding carboxylic acids is 2. The highest BCUT2D eigenvalue weighted by Crippen LogP contribution is 2.24. The van der Waals surface area contributed by atoms with Crippen molar-refractivity contribution in [3.8, 4) is 17.2 Å². The third-order valence-corrected chi connectivity index (χ3v) is 4.09. The molecule has 2 aromatic carbocycles. The number of benzene rings is 2. The van der Waals surface area contributed by atoms with E-state index in [0.29, 0.717) is 12.2 Å². The minimum Gasteiger partial charge on any atom is -0.507 e. The number of para-hydroxylation sites is 1. The fourth-order valence-corrected chi connectivity index (χ4v) is 2.66. The van der Waals surface area contributed by atoms with Crippen molar-refractivity contribution in [2.75, 3.05) is 13.2 Å². The lowest BCUT2D eigenvalue weighted by atomic mass is 10.0. The third kappa shape index (κ3) is 7.12. The van der Waals surface area contributed by atoms with E-state index < -0.39 is 30.3 Å². The van der Waals surface area contributed by atoms with E-state index in [1.807, 2.05) is 19.9 Å². The summed E-state index contributed by atoms with van der Waals surface area (Å²) in [4.78, 5) is 35.4. The molecule has 0 radical (unpaired) electrons. The molecule has 0 saturated heterocycles. The zero-order valence-corrected chi connectivity index (χ0v) is 16.8. The molecule has 0 bridgehead atoms. The van der Waals surface area contributed by atoms with E-state index in [1.165, 1.54) is 18.2 Å². The van der Waals surface area contributed by atoms with E-state index in [1.54, 1.807) is 24.3 Å². The lowest BCUT2D eigenvalue weighted by Gasteiger charge is -2.16. The second-order valence-corrected chi connectivity index (χ2v) is 7.08. The first kappa shape index (κ1) is 22.7. The summed E-state index contributed by atoms with van der Waals surface area (Å²) in [5, 5.41) is 21.7. The molecule has 0 heterocycles. The molecule has 2 aromatic rings. The van der Waals surface area contributed by atoms with Crippen LogP contribution in [-0.2, 0) is 9.59 Å². The Hall–Kier alpha value is -3.55. The number of aromatic hydroxyl groups is 1. The molecule has 0 spiro atoms. The van der Waals surface area contributed by atoms with Gasteiger partial charge in [-0.15, -0.1) is 0 Å². The predicted octanol–water partition coefficient (Wildman–Crippen LogP) is 2.65. The summed E-state index contributed by atoms with van der Waals surface area (Å²) in [6.07, 6.45) is 0.295. The Morgan fingerprint density at radius 1 is 0.967 bits per heavy atom. The van der Waals surface area contributed by atoms with E-state index in [2.05, 4.69) is 5.32 Å². The van der Waals surface area contributed by atoms with Crippen molar-refractivity contribution in [1.82, 2.24) is 5.32 Å².